The van der Waals surface area contributed by atoms with Crippen molar-refractivity contribution in [2.75, 3.05) is 31.1 Å². The van der Waals surface area contributed by atoms with Crippen molar-refractivity contribution in [3.05, 3.63) is 88.9 Å². The van der Waals surface area contributed by atoms with Crippen LogP contribution in [0.4, 0.5) is 5.69 Å². The van der Waals surface area contributed by atoms with Crippen LogP contribution in [0.3, 0.4) is 0 Å². The quantitative estimate of drug-likeness (QED) is 0.536. The zero-order chi connectivity index (χ0) is 23.2. The van der Waals surface area contributed by atoms with Crippen LogP contribution in [0.15, 0.2) is 72.8 Å². The fourth-order valence-corrected chi connectivity index (χ4v) is 4.34. The van der Waals surface area contributed by atoms with Gasteiger partial charge in [-0.15, -0.1) is 0 Å². The molecule has 2 amide bonds. The molecule has 1 fully saturated rings. The summed E-state index contributed by atoms with van der Waals surface area (Å²) in [6.07, 6.45) is 1.01. The van der Waals surface area contributed by atoms with Gasteiger partial charge in [0.25, 0.3) is 5.91 Å². The maximum atomic E-state index is 12.4. The van der Waals surface area contributed by atoms with E-state index >= 15 is 0 Å². The molecule has 0 bridgehead atoms. The first-order valence-corrected chi connectivity index (χ1v) is 11.6. The summed E-state index contributed by atoms with van der Waals surface area (Å²) < 4.78 is 0. The van der Waals surface area contributed by atoms with Gasteiger partial charge in [-0.2, -0.15) is 0 Å². The molecule has 1 aliphatic heterocycles. The Balaban J connectivity index is 1.21. The molecule has 0 radical (unpaired) electrons. The van der Waals surface area contributed by atoms with Gasteiger partial charge in [-0.1, -0.05) is 60.1 Å². The molecular weight excluding hydrogens is 434 g/mol. The van der Waals surface area contributed by atoms with Crippen molar-refractivity contribution in [1.29, 1.82) is 0 Å². The lowest BCUT2D eigenvalue weighted by Gasteiger charge is -2.21. The Morgan fingerprint density at radius 2 is 1.70 bits per heavy atom. The van der Waals surface area contributed by atoms with Crippen molar-refractivity contribution in [3.8, 4) is 11.1 Å². The molecule has 1 saturated heterocycles. The Labute approximate surface area is 199 Å². The highest BCUT2D eigenvalue weighted by atomic mass is 35.5. The topological polar surface area (TPSA) is 61.4 Å². The third-order valence-electron chi connectivity index (χ3n) is 6.05. The minimum absolute atomic E-state index is 0.0386. The van der Waals surface area contributed by atoms with Gasteiger partial charge >= 0.3 is 0 Å². The van der Waals surface area contributed by atoms with Crippen LogP contribution in [-0.4, -0.2) is 38.0 Å². The number of benzene rings is 3. The number of carbonyl (C=O) groups is 2. The first-order valence-electron chi connectivity index (χ1n) is 11.2. The fourth-order valence-electron chi connectivity index (χ4n) is 4.17. The number of carbonyl (C=O) groups excluding carboxylic acids is 2. The molecular formula is C27H28ClN3O2. The number of amides is 2. The standard InChI is InChI=1S/C27H28ClN3O2/c1-19-7-12-24(28)15-25(19)31-14-13-20(18-31)16-29-26(32)17-30-27(33)23-10-8-22(9-11-23)21-5-3-2-4-6-21/h2-12,15,20H,13-14,16-18H2,1H3,(H,29,32)(H,30,33)/t20-/m1/s1. The highest BCUT2D eigenvalue weighted by molar-refractivity contribution is 6.30. The molecule has 0 aromatic heterocycles. The van der Waals surface area contributed by atoms with Crippen LogP contribution in [0.2, 0.25) is 5.02 Å². The van der Waals surface area contributed by atoms with Gasteiger partial charge in [0.15, 0.2) is 0 Å². The highest BCUT2D eigenvalue weighted by Gasteiger charge is 2.24. The van der Waals surface area contributed by atoms with Crippen LogP contribution in [0.1, 0.15) is 22.3 Å². The van der Waals surface area contributed by atoms with Crippen LogP contribution in [0.25, 0.3) is 11.1 Å². The number of anilines is 1. The van der Waals surface area contributed by atoms with Crippen LogP contribution in [0, 0.1) is 12.8 Å². The summed E-state index contributed by atoms with van der Waals surface area (Å²) in [4.78, 5) is 27.0. The smallest absolute Gasteiger partial charge is 0.251 e. The van der Waals surface area contributed by atoms with Gasteiger partial charge in [-0.25, -0.2) is 0 Å². The summed E-state index contributed by atoms with van der Waals surface area (Å²) in [7, 11) is 0. The maximum Gasteiger partial charge on any atom is 0.251 e. The van der Waals surface area contributed by atoms with E-state index in [0.29, 0.717) is 18.0 Å². The molecule has 0 aliphatic carbocycles. The number of nitrogens with zero attached hydrogens (tertiary/aromatic N) is 1. The molecule has 1 aliphatic rings. The molecule has 2 N–H and O–H groups in total. The van der Waals surface area contributed by atoms with Gasteiger partial charge in [0.2, 0.25) is 5.91 Å². The van der Waals surface area contributed by atoms with Crippen LogP contribution >= 0.6 is 11.6 Å². The number of halogens is 1. The Hall–Kier alpha value is -3.31. The summed E-state index contributed by atoms with van der Waals surface area (Å²) in [5.41, 5.74) is 5.03. The van der Waals surface area contributed by atoms with Crippen molar-refractivity contribution in [2.45, 2.75) is 13.3 Å². The van der Waals surface area contributed by atoms with Crippen LogP contribution in [0.5, 0.6) is 0 Å². The second-order valence-corrected chi connectivity index (χ2v) is 8.90. The van der Waals surface area contributed by atoms with E-state index in [0.717, 1.165) is 41.3 Å². The molecule has 0 spiro atoms. The molecule has 0 saturated carbocycles. The van der Waals surface area contributed by atoms with E-state index < -0.39 is 0 Å². The molecule has 6 heteroatoms. The summed E-state index contributed by atoms with van der Waals surface area (Å²) in [6, 6.07) is 23.3. The van der Waals surface area contributed by atoms with Crippen molar-refractivity contribution in [3.63, 3.8) is 0 Å². The number of rotatable bonds is 7. The average Bonchev–Trinajstić information content (AvgIpc) is 3.32. The second-order valence-electron chi connectivity index (χ2n) is 8.46. The van der Waals surface area contributed by atoms with E-state index in [1.165, 1.54) is 5.56 Å². The highest BCUT2D eigenvalue weighted by Crippen LogP contribution is 2.29. The summed E-state index contributed by atoms with van der Waals surface area (Å²) in [5, 5.41) is 6.39. The van der Waals surface area contributed by atoms with E-state index in [1.807, 2.05) is 60.7 Å². The van der Waals surface area contributed by atoms with Gasteiger partial charge in [-0.05, 0) is 60.2 Å². The normalized spacial score (nSPS) is 15.3. The third-order valence-corrected chi connectivity index (χ3v) is 6.28. The summed E-state index contributed by atoms with van der Waals surface area (Å²) in [5.74, 6) is -0.0663. The van der Waals surface area contributed by atoms with Gasteiger partial charge in [0.05, 0.1) is 6.54 Å². The predicted octanol–water partition coefficient (Wildman–Crippen LogP) is 4.69. The van der Waals surface area contributed by atoms with E-state index in [4.69, 9.17) is 11.6 Å². The lowest BCUT2D eigenvalue weighted by atomic mass is 10.0. The van der Waals surface area contributed by atoms with Gasteiger partial charge in [0, 0.05) is 35.9 Å². The number of hydrogen-bond donors (Lipinski definition) is 2. The number of aryl methyl sites for hydroxylation is 1. The fraction of sp³-hybridized carbons (Fsp3) is 0.259. The Morgan fingerprint density at radius 1 is 0.970 bits per heavy atom. The Morgan fingerprint density at radius 3 is 2.45 bits per heavy atom. The van der Waals surface area contributed by atoms with Crippen molar-refractivity contribution >= 4 is 29.1 Å². The molecule has 0 unspecified atom stereocenters. The van der Waals surface area contributed by atoms with Crippen molar-refractivity contribution < 1.29 is 9.59 Å². The molecule has 5 nitrogen and oxygen atoms in total. The molecule has 3 aromatic rings. The monoisotopic (exact) mass is 461 g/mol. The number of nitrogens with one attached hydrogen (secondary N) is 2. The molecule has 1 heterocycles. The molecule has 4 rings (SSSR count). The summed E-state index contributed by atoms with van der Waals surface area (Å²) in [6.45, 7) is 4.46. The first kappa shape index (κ1) is 22.9. The second kappa shape index (κ2) is 10.5. The minimum atomic E-state index is -0.256. The lowest BCUT2D eigenvalue weighted by Crippen LogP contribution is -2.39. The number of hydrogen-bond acceptors (Lipinski definition) is 3. The minimum Gasteiger partial charge on any atom is -0.371 e. The molecule has 1 atom stereocenters. The lowest BCUT2D eigenvalue weighted by molar-refractivity contribution is -0.120. The molecule has 3 aromatic carbocycles. The first-order chi connectivity index (χ1) is 16.0. The Bertz CT molecular complexity index is 1120. The van der Waals surface area contributed by atoms with E-state index in [-0.39, 0.29) is 18.4 Å². The van der Waals surface area contributed by atoms with Gasteiger partial charge in [-0.3, -0.25) is 9.59 Å². The van der Waals surface area contributed by atoms with E-state index in [9.17, 15) is 9.59 Å². The largest absolute Gasteiger partial charge is 0.371 e. The molecule has 170 valence electrons. The van der Waals surface area contributed by atoms with E-state index in [2.05, 4.69) is 22.5 Å². The van der Waals surface area contributed by atoms with Gasteiger partial charge in [0.1, 0.15) is 0 Å². The predicted molar refractivity (Wildman–Crippen MR) is 134 cm³/mol. The zero-order valence-corrected chi connectivity index (χ0v) is 19.4. The van der Waals surface area contributed by atoms with Crippen LogP contribution < -0.4 is 15.5 Å². The average molecular weight is 462 g/mol. The molecule has 33 heavy (non-hydrogen) atoms. The third kappa shape index (κ3) is 5.93. The SMILES string of the molecule is Cc1ccc(Cl)cc1N1CC[C@H](CNC(=O)CNC(=O)c2ccc(-c3ccccc3)cc2)C1. The zero-order valence-electron chi connectivity index (χ0n) is 18.7. The summed E-state index contributed by atoms with van der Waals surface area (Å²) >= 11 is 6.16. The maximum absolute atomic E-state index is 12.4. The van der Waals surface area contributed by atoms with E-state index in [1.54, 1.807) is 12.1 Å². The van der Waals surface area contributed by atoms with Gasteiger partial charge < -0.3 is 15.5 Å². The van der Waals surface area contributed by atoms with Crippen molar-refractivity contribution in [1.82, 2.24) is 10.6 Å². The van der Waals surface area contributed by atoms with Crippen molar-refractivity contribution in [2.24, 2.45) is 5.92 Å². The van der Waals surface area contributed by atoms with Crippen LogP contribution in [-0.2, 0) is 4.79 Å². The Kier molecular flexibility index (Phi) is 7.30.